The Morgan fingerprint density at radius 1 is 1.15 bits per heavy atom. The van der Waals surface area contributed by atoms with E-state index >= 15 is 0 Å². The molecular formula is C20H19N5OS. The number of amides is 1. The van der Waals surface area contributed by atoms with Crippen LogP contribution in [0.1, 0.15) is 17.1 Å². The van der Waals surface area contributed by atoms with Crippen LogP contribution in [-0.2, 0) is 17.6 Å². The minimum atomic E-state index is 0.000941. The third-order valence-electron chi connectivity index (χ3n) is 4.30. The molecule has 27 heavy (non-hydrogen) atoms. The van der Waals surface area contributed by atoms with Crippen molar-refractivity contribution in [3.8, 4) is 11.3 Å². The number of aromatic nitrogens is 4. The van der Waals surface area contributed by atoms with E-state index in [4.69, 9.17) is 0 Å². The summed E-state index contributed by atoms with van der Waals surface area (Å²) < 4.78 is 0. The van der Waals surface area contributed by atoms with Gasteiger partial charge in [-0.15, -0.1) is 11.3 Å². The SMILES string of the molecule is O=C(Cc1[nH]nc2ccccc12)NCCCc1nc(-c2ccncc2)cs1. The number of para-hydroxylation sites is 1. The molecule has 0 saturated heterocycles. The van der Waals surface area contributed by atoms with Gasteiger partial charge in [0.25, 0.3) is 0 Å². The highest BCUT2D eigenvalue weighted by Gasteiger charge is 2.09. The molecule has 4 rings (SSSR count). The summed E-state index contributed by atoms with van der Waals surface area (Å²) in [6, 6.07) is 11.7. The second-order valence-corrected chi connectivity index (χ2v) is 7.15. The summed E-state index contributed by atoms with van der Waals surface area (Å²) in [6.45, 7) is 0.634. The summed E-state index contributed by atoms with van der Waals surface area (Å²) >= 11 is 1.65. The Morgan fingerprint density at radius 2 is 2.00 bits per heavy atom. The molecule has 0 saturated carbocycles. The second kappa shape index (κ2) is 8.09. The summed E-state index contributed by atoms with van der Waals surface area (Å²) in [4.78, 5) is 20.9. The molecule has 0 aliphatic rings. The van der Waals surface area contributed by atoms with Crippen molar-refractivity contribution in [2.24, 2.45) is 0 Å². The van der Waals surface area contributed by atoms with Gasteiger partial charge < -0.3 is 5.32 Å². The molecule has 4 aromatic rings. The van der Waals surface area contributed by atoms with Gasteiger partial charge in [0.05, 0.1) is 28.3 Å². The van der Waals surface area contributed by atoms with E-state index < -0.39 is 0 Å². The number of thiazole rings is 1. The number of benzene rings is 1. The first-order chi connectivity index (χ1) is 13.3. The van der Waals surface area contributed by atoms with Crippen molar-refractivity contribution in [1.82, 2.24) is 25.5 Å². The van der Waals surface area contributed by atoms with Gasteiger partial charge in [-0.2, -0.15) is 5.10 Å². The average molecular weight is 377 g/mol. The van der Waals surface area contributed by atoms with Crippen LogP contribution in [0.3, 0.4) is 0 Å². The van der Waals surface area contributed by atoms with Gasteiger partial charge in [-0.05, 0) is 24.6 Å². The monoisotopic (exact) mass is 377 g/mol. The molecule has 1 aromatic carbocycles. The molecule has 0 atom stereocenters. The van der Waals surface area contributed by atoms with E-state index in [0.29, 0.717) is 13.0 Å². The van der Waals surface area contributed by atoms with Gasteiger partial charge in [-0.1, -0.05) is 18.2 Å². The largest absolute Gasteiger partial charge is 0.356 e. The molecule has 0 aliphatic carbocycles. The number of carbonyl (C=O) groups excluding carboxylic acids is 1. The molecular weight excluding hydrogens is 358 g/mol. The van der Waals surface area contributed by atoms with Gasteiger partial charge >= 0.3 is 0 Å². The third kappa shape index (κ3) is 4.20. The Hall–Kier alpha value is -3.06. The van der Waals surface area contributed by atoms with Crippen LogP contribution < -0.4 is 5.32 Å². The lowest BCUT2D eigenvalue weighted by Gasteiger charge is -2.03. The topological polar surface area (TPSA) is 83.6 Å². The summed E-state index contributed by atoms with van der Waals surface area (Å²) in [6.07, 6.45) is 5.56. The number of carbonyl (C=O) groups is 1. The quantitative estimate of drug-likeness (QED) is 0.484. The number of nitrogens with one attached hydrogen (secondary N) is 2. The number of aromatic amines is 1. The molecule has 0 bridgehead atoms. The molecule has 0 aliphatic heterocycles. The van der Waals surface area contributed by atoms with Crippen molar-refractivity contribution >= 4 is 28.1 Å². The van der Waals surface area contributed by atoms with Crippen LogP contribution in [0, 0.1) is 0 Å². The van der Waals surface area contributed by atoms with E-state index in [0.717, 1.165) is 45.7 Å². The minimum Gasteiger partial charge on any atom is -0.356 e. The maximum atomic E-state index is 12.2. The molecule has 0 radical (unpaired) electrons. The third-order valence-corrected chi connectivity index (χ3v) is 5.20. The van der Waals surface area contributed by atoms with Crippen molar-refractivity contribution in [1.29, 1.82) is 0 Å². The lowest BCUT2D eigenvalue weighted by atomic mass is 10.1. The summed E-state index contributed by atoms with van der Waals surface area (Å²) in [5.41, 5.74) is 3.79. The van der Waals surface area contributed by atoms with Crippen molar-refractivity contribution in [3.63, 3.8) is 0 Å². The van der Waals surface area contributed by atoms with Gasteiger partial charge in [0.1, 0.15) is 0 Å². The first kappa shape index (κ1) is 17.4. The van der Waals surface area contributed by atoms with Crippen LogP contribution in [0.2, 0.25) is 0 Å². The molecule has 136 valence electrons. The number of hydrogen-bond acceptors (Lipinski definition) is 5. The van der Waals surface area contributed by atoms with E-state index in [1.165, 1.54) is 0 Å². The van der Waals surface area contributed by atoms with Crippen molar-refractivity contribution in [3.05, 3.63) is 64.9 Å². The molecule has 6 nitrogen and oxygen atoms in total. The number of nitrogens with zero attached hydrogens (tertiary/aromatic N) is 3. The number of pyridine rings is 1. The highest BCUT2D eigenvalue weighted by molar-refractivity contribution is 7.09. The Morgan fingerprint density at radius 3 is 2.89 bits per heavy atom. The lowest BCUT2D eigenvalue weighted by Crippen LogP contribution is -2.26. The van der Waals surface area contributed by atoms with Gasteiger partial charge in [0.2, 0.25) is 5.91 Å². The number of hydrogen-bond donors (Lipinski definition) is 2. The zero-order chi connectivity index (χ0) is 18.5. The predicted molar refractivity (Wildman–Crippen MR) is 106 cm³/mol. The fourth-order valence-corrected chi connectivity index (χ4v) is 3.77. The number of aryl methyl sites for hydroxylation is 1. The van der Waals surface area contributed by atoms with Crippen molar-refractivity contribution in [2.45, 2.75) is 19.3 Å². The van der Waals surface area contributed by atoms with Crippen molar-refractivity contribution < 1.29 is 4.79 Å². The van der Waals surface area contributed by atoms with E-state index in [-0.39, 0.29) is 5.91 Å². The number of fused-ring (bicyclic) bond motifs is 1. The van der Waals surface area contributed by atoms with Gasteiger partial charge in [-0.3, -0.25) is 14.9 Å². The summed E-state index contributed by atoms with van der Waals surface area (Å²) in [7, 11) is 0. The molecule has 7 heteroatoms. The Kier molecular flexibility index (Phi) is 5.20. The molecule has 0 fully saturated rings. The molecule has 3 heterocycles. The van der Waals surface area contributed by atoms with Crippen LogP contribution >= 0.6 is 11.3 Å². The number of rotatable bonds is 7. The highest BCUT2D eigenvalue weighted by Crippen LogP contribution is 2.21. The van der Waals surface area contributed by atoms with E-state index in [9.17, 15) is 4.79 Å². The minimum absolute atomic E-state index is 0.000941. The van der Waals surface area contributed by atoms with E-state index in [1.807, 2.05) is 36.4 Å². The normalized spacial score (nSPS) is 11.0. The van der Waals surface area contributed by atoms with Gasteiger partial charge in [-0.25, -0.2) is 4.98 Å². The zero-order valence-electron chi connectivity index (χ0n) is 14.7. The van der Waals surface area contributed by atoms with Crippen LogP contribution in [0.4, 0.5) is 0 Å². The lowest BCUT2D eigenvalue weighted by molar-refractivity contribution is -0.120. The van der Waals surface area contributed by atoms with Crippen LogP contribution in [0.15, 0.2) is 54.2 Å². The standard InChI is InChI=1S/C20H19N5OS/c26-19(12-17-15-4-1-2-5-16(15)24-25-17)22-9-3-6-20-23-18(13-27-20)14-7-10-21-11-8-14/h1-2,4-5,7-8,10-11,13H,3,6,9,12H2,(H,22,26)(H,24,25). The maximum absolute atomic E-state index is 12.2. The van der Waals surface area contributed by atoms with Gasteiger partial charge in [0, 0.05) is 41.7 Å². The Balaban J connectivity index is 1.24. The molecule has 1 amide bonds. The Bertz CT molecular complexity index is 1040. The smallest absolute Gasteiger partial charge is 0.226 e. The molecule has 2 N–H and O–H groups in total. The molecule has 3 aromatic heterocycles. The predicted octanol–water partition coefficient (Wildman–Crippen LogP) is 3.37. The summed E-state index contributed by atoms with van der Waals surface area (Å²) in [5.74, 6) is 0.000941. The van der Waals surface area contributed by atoms with E-state index in [2.05, 4.69) is 30.9 Å². The maximum Gasteiger partial charge on any atom is 0.226 e. The molecule has 0 unspecified atom stereocenters. The van der Waals surface area contributed by atoms with Gasteiger partial charge in [0.15, 0.2) is 0 Å². The van der Waals surface area contributed by atoms with Crippen molar-refractivity contribution in [2.75, 3.05) is 6.54 Å². The second-order valence-electron chi connectivity index (χ2n) is 6.21. The average Bonchev–Trinajstić information content (AvgIpc) is 3.34. The molecule has 0 spiro atoms. The van der Waals surface area contributed by atoms with Crippen LogP contribution in [0.5, 0.6) is 0 Å². The highest BCUT2D eigenvalue weighted by atomic mass is 32.1. The van der Waals surface area contributed by atoms with Crippen LogP contribution in [0.25, 0.3) is 22.2 Å². The first-order valence-corrected chi connectivity index (χ1v) is 9.71. The fourth-order valence-electron chi connectivity index (χ4n) is 2.92. The Labute approximate surface area is 160 Å². The van der Waals surface area contributed by atoms with Crippen LogP contribution in [-0.4, -0.2) is 32.6 Å². The number of H-pyrrole nitrogens is 1. The first-order valence-electron chi connectivity index (χ1n) is 8.83. The summed E-state index contributed by atoms with van der Waals surface area (Å²) in [5, 5.41) is 14.3. The fraction of sp³-hybridized carbons (Fsp3) is 0.200. The zero-order valence-corrected chi connectivity index (χ0v) is 15.5. The van der Waals surface area contributed by atoms with E-state index in [1.54, 1.807) is 23.7 Å².